The molecule has 0 radical (unpaired) electrons. The molecule has 0 bridgehead atoms. The molecule has 1 heterocycles. The Morgan fingerprint density at radius 2 is 1.62 bits per heavy atom. The van der Waals surface area contributed by atoms with Gasteiger partial charge in [0.2, 0.25) is 0 Å². The van der Waals surface area contributed by atoms with Crippen molar-refractivity contribution in [1.82, 2.24) is 20.1 Å². The highest BCUT2D eigenvalue weighted by atomic mass is 32.2. The number of piperazine rings is 1. The van der Waals surface area contributed by atoms with Crippen molar-refractivity contribution in [2.24, 2.45) is 0 Å². The number of alkyl halides is 2. The molecule has 0 spiro atoms. The maximum absolute atomic E-state index is 15.0. The van der Waals surface area contributed by atoms with Crippen LogP contribution in [-0.2, 0) is 21.5 Å². The lowest BCUT2D eigenvalue weighted by molar-refractivity contribution is -0.132. The van der Waals surface area contributed by atoms with Gasteiger partial charge in [0.15, 0.2) is 0 Å². The topological polar surface area (TPSA) is 102 Å². The zero-order valence-electron chi connectivity index (χ0n) is 20.7. The van der Waals surface area contributed by atoms with Crippen LogP contribution < -0.4 is 15.2 Å². The average molecular weight is 542 g/mol. The van der Waals surface area contributed by atoms with E-state index in [9.17, 15) is 31.2 Å². The number of rotatable bonds is 7. The Hall–Kier alpha value is -3.16. The summed E-state index contributed by atoms with van der Waals surface area (Å²) in [5.41, 5.74) is 3.29. The van der Waals surface area contributed by atoms with Crippen LogP contribution in [0.3, 0.4) is 0 Å². The minimum Gasteiger partial charge on any atom is -0.296 e. The van der Waals surface area contributed by atoms with Gasteiger partial charge in [-0.05, 0) is 45.0 Å². The lowest BCUT2D eigenvalue weighted by atomic mass is 10.1. The molecule has 2 N–H and O–H groups in total. The highest BCUT2D eigenvalue weighted by Crippen LogP contribution is 2.26. The Kier molecular flexibility index (Phi) is 8.82. The Morgan fingerprint density at radius 3 is 2.16 bits per heavy atom. The van der Waals surface area contributed by atoms with E-state index in [0.717, 1.165) is 10.4 Å². The van der Waals surface area contributed by atoms with Crippen molar-refractivity contribution in [3.63, 3.8) is 0 Å². The van der Waals surface area contributed by atoms with Crippen molar-refractivity contribution < 1.29 is 31.2 Å². The molecule has 0 aliphatic carbocycles. The number of carbonyl (C=O) groups is 2. The van der Waals surface area contributed by atoms with Gasteiger partial charge in [0, 0.05) is 42.8 Å². The molecule has 1 aliphatic heterocycles. The van der Waals surface area contributed by atoms with E-state index in [-0.39, 0.29) is 36.3 Å². The smallest absolute Gasteiger partial charge is 0.296 e. The van der Waals surface area contributed by atoms with Crippen LogP contribution in [0.5, 0.6) is 0 Å². The predicted molar refractivity (Wildman–Crippen MR) is 132 cm³/mol. The summed E-state index contributed by atoms with van der Waals surface area (Å²) in [5, 5.41) is 0. The first-order valence-electron chi connectivity index (χ1n) is 11.6. The molecule has 0 aromatic heterocycles. The van der Waals surface area contributed by atoms with E-state index in [0.29, 0.717) is 18.8 Å². The van der Waals surface area contributed by atoms with E-state index in [1.807, 2.05) is 0 Å². The normalized spacial score (nSPS) is 15.4. The van der Waals surface area contributed by atoms with E-state index in [2.05, 4.69) is 25.7 Å². The van der Waals surface area contributed by atoms with E-state index >= 15 is 0 Å². The summed E-state index contributed by atoms with van der Waals surface area (Å²) in [6.45, 7) is 7.48. The van der Waals surface area contributed by atoms with Crippen LogP contribution in [0.1, 0.15) is 36.7 Å². The molecule has 2 aromatic carbocycles. The molecule has 0 atom stereocenters. The van der Waals surface area contributed by atoms with E-state index < -0.39 is 34.3 Å². The van der Waals surface area contributed by atoms with Crippen LogP contribution in [0.25, 0.3) is 0 Å². The van der Waals surface area contributed by atoms with Gasteiger partial charge < -0.3 is 0 Å². The fourth-order valence-corrected chi connectivity index (χ4v) is 5.44. The minimum absolute atomic E-state index is 0.00563. The number of hydrogen-bond donors (Lipinski definition) is 2. The van der Waals surface area contributed by atoms with Crippen LogP contribution in [0.2, 0.25) is 0 Å². The number of amides is 2. The molecular formula is C24H30F3N5O4S. The monoisotopic (exact) mass is 541 g/mol. The van der Waals surface area contributed by atoms with Crippen LogP contribution in [0.4, 0.5) is 18.9 Å². The largest absolute Gasteiger partial charge is 0.317 e. The summed E-state index contributed by atoms with van der Waals surface area (Å²) in [6, 6.07) is 11.6. The lowest BCUT2D eigenvalue weighted by Crippen LogP contribution is -2.57. The van der Waals surface area contributed by atoms with Gasteiger partial charge in [-0.25, -0.2) is 4.39 Å². The molecule has 2 aromatic rings. The molecule has 3 rings (SSSR count). The van der Waals surface area contributed by atoms with E-state index in [1.54, 1.807) is 35.8 Å². The first kappa shape index (κ1) is 28.4. The molecule has 9 nitrogen and oxygen atoms in total. The van der Waals surface area contributed by atoms with E-state index in [4.69, 9.17) is 0 Å². The van der Waals surface area contributed by atoms with Crippen LogP contribution in [0.15, 0.2) is 48.5 Å². The number of halogens is 3. The van der Waals surface area contributed by atoms with Crippen molar-refractivity contribution in [2.75, 3.05) is 30.5 Å². The summed E-state index contributed by atoms with van der Waals surface area (Å²) in [4.78, 5) is 25.2. The third kappa shape index (κ3) is 6.99. The fraction of sp³-hybridized carbons (Fsp3) is 0.417. The second-order valence-corrected chi connectivity index (χ2v) is 11.3. The van der Waals surface area contributed by atoms with Crippen molar-refractivity contribution in [1.29, 1.82) is 0 Å². The number of benzene rings is 2. The van der Waals surface area contributed by atoms with Crippen molar-refractivity contribution in [2.45, 2.75) is 39.3 Å². The van der Waals surface area contributed by atoms with Gasteiger partial charge in [-0.2, -0.15) is 21.5 Å². The summed E-state index contributed by atoms with van der Waals surface area (Å²) >= 11 is 0. The number of nitrogens with one attached hydrogen (secondary N) is 2. The van der Waals surface area contributed by atoms with Gasteiger partial charge in [-0.15, -0.1) is 0 Å². The summed E-state index contributed by atoms with van der Waals surface area (Å²) in [6.07, 6.45) is -3.33. The molecule has 1 saturated heterocycles. The van der Waals surface area contributed by atoms with Gasteiger partial charge in [0.1, 0.15) is 5.82 Å². The highest BCUT2D eigenvalue weighted by Gasteiger charge is 2.35. The number of carbonyl (C=O) groups excluding carboxylic acids is 2. The average Bonchev–Trinajstić information content (AvgIpc) is 2.86. The standard InChI is InChI=1S/C24H30F3N5O4S/c1-24(2,3)30-11-13-31(14-12-30)37(35,36)32(19-7-5-4-6-8-19)16-18-10-9-17(15-20(18)25)22(33)28-29-23(34)21(26)27/h4-10,15,21H,11-14,16H2,1-3H3,(H,28,33)(H,29,34). The van der Waals surface area contributed by atoms with E-state index in [1.165, 1.54) is 21.9 Å². The third-order valence-electron chi connectivity index (χ3n) is 5.96. The zero-order valence-corrected chi connectivity index (χ0v) is 21.6. The lowest BCUT2D eigenvalue weighted by Gasteiger charge is -2.43. The SMILES string of the molecule is CC(C)(C)N1CCN(S(=O)(=O)N(Cc2ccc(C(=O)NNC(=O)C(F)F)cc2F)c2ccccc2)CC1. The van der Waals surface area contributed by atoms with Gasteiger partial charge in [-0.1, -0.05) is 24.3 Å². The number of para-hydroxylation sites is 1. The zero-order chi connectivity index (χ0) is 27.4. The maximum atomic E-state index is 15.0. The minimum atomic E-state index is -4.04. The van der Waals surface area contributed by atoms with Crippen molar-refractivity contribution >= 4 is 27.7 Å². The van der Waals surface area contributed by atoms with Gasteiger partial charge in [0.25, 0.3) is 5.91 Å². The molecule has 0 unspecified atom stereocenters. The molecule has 0 saturated carbocycles. The summed E-state index contributed by atoms with van der Waals surface area (Å²) in [5.74, 6) is -3.59. The first-order chi connectivity index (χ1) is 17.3. The summed E-state index contributed by atoms with van der Waals surface area (Å²) < 4.78 is 69.4. The number of anilines is 1. The van der Waals surface area contributed by atoms with Gasteiger partial charge in [-0.3, -0.25) is 29.6 Å². The number of nitrogens with zero attached hydrogens (tertiary/aromatic N) is 3. The Labute approximate surface area is 214 Å². The molecule has 1 aliphatic rings. The third-order valence-corrected chi connectivity index (χ3v) is 7.88. The second kappa shape index (κ2) is 11.5. The van der Waals surface area contributed by atoms with Crippen LogP contribution in [0, 0.1) is 5.82 Å². The number of hydrazine groups is 1. The first-order valence-corrected chi connectivity index (χ1v) is 12.9. The summed E-state index contributed by atoms with van der Waals surface area (Å²) in [7, 11) is -4.04. The molecule has 37 heavy (non-hydrogen) atoms. The Morgan fingerprint density at radius 1 is 1.00 bits per heavy atom. The maximum Gasteiger partial charge on any atom is 0.317 e. The molecule has 202 valence electrons. The molecule has 2 amide bonds. The Bertz CT molecular complexity index is 1210. The molecule has 13 heteroatoms. The predicted octanol–water partition coefficient (Wildman–Crippen LogP) is 2.52. The van der Waals surface area contributed by atoms with Crippen molar-refractivity contribution in [3.8, 4) is 0 Å². The molecular weight excluding hydrogens is 511 g/mol. The van der Waals surface area contributed by atoms with Crippen molar-refractivity contribution in [3.05, 3.63) is 65.5 Å². The van der Waals surface area contributed by atoms with Crippen LogP contribution >= 0.6 is 0 Å². The quantitative estimate of drug-likeness (QED) is 0.525. The second-order valence-electron chi connectivity index (χ2n) is 9.46. The fourth-order valence-electron chi connectivity index (χ4n) is 3.85. The van der Waals surface area contributed by atoms with Crippen LogP contribution in [-0.4, -0.2) is 67.6 Å². The Balaban J connectivity index is 1.82. The van der Waals surface area contributed by atoms with Gasteiger partial charge >= 0.3 is 22.5 Å². The molecule has 1 fully saturated rings. The van der Waals surface area contributed by atoms with Gasteiger partial charge in [0.05, 0.1) is 12.2 Å². The highest BCUT2D eigenvalue weighted by molar-refractivity contribution is 7.90. The number of hydrogen-bond acceptors (Lipinski definition) is 5.